The molecule has 1 aromatic carbocycles. The number of rotatable bonds is 4. The second-order valence-corrected chi connectivity index (χ2v) is 6.28. The van der Waals surface area contributed by atoms with Gasteiger partial charge in [0.15, 0.2) is 0 Å². The fraction of sp³-hybridized carbons (Fsp3) is 0.562. The van der Waals surface area contributed by atoms with E-state index in [-0.39, 0.29) is 24.7 Å². The summed E-state index contributed by atoms with van der Waals surface area (Å²) in [6.07, 6.45) is 0.665. The van der Waals surface area contributed by atoms with E-state index in [0.29, 0.717) is 13.0 Å². The van der Waals surface area contributed by atoms with E-state index in [9.17, 15) is 9.90 Å². The van der Waals surface area contributed by atoms with Crippen LogP contribution in [0.3, 0.4) is 0 Å². The van der Waals surface area contributed by atoms with Crippen molar-refractivity contribution in [3.8, 4) is 0 Å². The summed E-state index contributed by atoms with van der Waals surface area (Å²) in [6.45, 7) is 6.35. The molecule has 1 aliphatic heterocycles. The van der Waals surface area contributed by atoms with Gasteiger partial charge in [0.2, 0.25) is 0 Å². The molecule has 0 saturated carbocycles. The van der Waals surface area contributed by atoms with Crippen LogP contribution in [-0.2, 0) is 16.1 Å². The predicted molar refractivity (Wildman–Crippen MR) is 77.1 cm³/mol. The van der Waals surface area contributed by atoms with Crippen molar-refractivity contribution < 1.29 is 14.6 Å². The molecule has 1 aromatic rings. The molecular formula is C16H23NO3. The fourth-order valence-electron chi connectivity index (χ4n) is 2.46. The van der Waals surface area contributed by atoms with E-state index >= 15 is 0 Å². The van der Waals surface area contributed by atoms with Gasteiger partial charge in [-0.1, -0.05) is 30.3 Å². The van der Waals surface area contributed by atoms with E-state index in [4.69, 9.17) is 4.74 Å². The molecule has 2 atom stereocenters. The Morgan fingerprint density at radius 3 is 2.55 bits per heavy atom. The third kappa shape index (κ3) is 3.58. The predicted octanol–water partition coefficient (Wildman–Crippen LogP) is 1.96. The Hall–Kier alpha value is -1.39. The number of carbonyl (C=O) groups excluding carboxylic acids is 1. The molecule has 2 unspecified atom stereocenters. The van der Waals surface area contributed by atoms with Crippen molar-refractivity contribution in [1.29, 1.82) is 0 Å². The Bertz CT molecular complexity index is 453. The number of likely N-dealkylation sites (tertiary alicyclic amines) is 1. The number of esters is 1. The Kier molecular flexibility index (Phi) is 4.45. The van der Waals surface area contributed by atoms with Gasteiger partial charge in [0, 0.05) is 12.6 Å². The summed E-state index contributed by atoms with van der Waals surface area (Å²) < 4.78 is 5.44. The number of aliphatic hydroxyl groups is 1. The zero-order valence-corrected chi connectivity index (χ0v) is 12.4. The molecule has 1 fully saturated rings. The van der Waals surface area contributed by atoms with E-state index in [1.165, 1.54) is 0 Å². The van der Waals surface area contributed by atoms with Crippen molar-refractivity contribution in [1.82, 2.24) is 4.90 Å². The van der Waals surface area contributed by atoms with Gasteiger partial charge in [-0.05, 0) is 32.8 Å². The van der Waals surface area contributed by atoms with Crippen molar-refractivity contribution in [3.05, 3.63) is 35.9 Å². The molecular weight excluding hydrogens is 254 g/mol. The molecule has 0 aromatic heterocycles. The Labute approximate surface area is 120 Å². The van der Waals surface area contributed by atoms with Crippen LogP contribution in [0.5, 0.6) is 0 Å². The topological polar surface area (TPSA) is 49.8 Å². The smallest absolute Gasteiger partial charge is 0.323 e. The zero-order valence-electron chi connectivity index (χ0n) is 12.4. The normalized spacial score (nSPS) is 23.2. The lowest BCUT2D eigenvalue weighted by atomic mass is 9.92. The van der Waals surface area contributed by atoms with Gasteiger partial charge in [0.1, 0.15) is 11.6 Å². The molecule has 0 amide bonds. The van der Waals surface area contributed by atoms with Gasteiger partial charge in [-0.2, -0.15) is 0 Å². The van der Waals surface area contributed by atoms with Crippen molar-refractivity contribution in [3.63, 3.8) is 0 Å². The Balaban J connectivity index is 2.02. The molecule has 0 spiro atoms. The molecule has 2 rings (SSSR count). The molecule has 4 heteroatoms. The number of carbonyl (C=O) groups is 1. The summed E-state index contributed by atoms with van der Waals surface area (Å²) in [6, 6.07) is 9.78. The summed E-state index contributed by atoms with van der Waals surface area (Å²) in [4.78, 5) is 14.2. The highest BCUT2D eigenvalue weighted by atomic mass is 16.6. The molecule has 1 aliphatic rings. The van der Waals surface area contributed by atoms with Gasteiger partial charge in [0.05, 0.1) is 6.61 Å². The van der Waals surface area contributed by atoms with Crippen LogP contribution in [0, 0.1) is 0 Å². The summed E-state index contributed by atoms with van der Waals surface area (Å²) in [5.41, 5.74) is 0.666. The van der Waals surface area contributed by atoms with Crippen molar-refractivity contribution in [2.24, 2.45) is 0 Å². The first-order valence-electron chi connectivity index (χ1n) is 7.04. The van der Waals surface area contributed by atoms with Crippen LogP contribution >= 0.6 is 0 Å². The average molecular weight is 277 g/mol. The minimum absolute atomic E-state index is 0.0488. The number of hydrogen-bond acceptors (Lipinski definition) is 4. The molecule has 0 aliphatic carbocycles. The van der Waals surface area contributed by atoms with Gasteiger partial charge in [-0.25, -0.2) is 0 Å². The number of benzene rings is 1. The maximum absolute atomic E-state index is 12.2. The second-order valence-electron chi connectivity index (χ2n) is 6.28. The van der Waals surface area contributed by atoms with E-state index in [1.54, 1.807) is 0 Å². The minimum atomic E-state index is -0.472. The molecule has 0 radical (unpaired) electrons. The third-order valence-electron chi connectivity index (χ3n) is 3.46. The van der Waals surface area contributed by atoms with E-state index < -0.39 is 5.60 Å². The van der Waals surface area contributed by atoms with Gasteiger partial charge in [-0.3, -0.25) is 9.69 Å². The maximum Gasteiger partial charge on any atom is 0.323 e. The minimum Gasteiger partial charge on any atom is -0.459 e. The summed E-state index contributed by atoms with van der Waals surface area (Å²) in [7, 11) is 0. The van der Waals surface area contributed by atoms with E-state index in [1.807, 2.05) is 56.0 Å². The van der Waals surface area contributed by atoms with Crippen molar-refractivity contribution in [2.75, 3.05) is 6.61 Å². The van der Waals surface area contributed by atoms with Gasteiger partial charge < -0.3 is 9.84 Å². The molecule has 0 bridgehead atoms. The van der Waals surface area contributed by atoms with Crippen LogP contribution in [-0.4, -0.2) is 40.3 Å². The number of hydrogen-bond donors (Lipinski definition) is 1. The standard InChI is InChI=1S/C16H23NO3/c1-16(2,3)20-15(19)14-9-13(11-18)17(14)10-12-7-5-4-6-8-12/h4-8,13-14,18H,9-11H2,1-3H3. The Morgan fingerprint density at radius 1 is 1.35 bits per heavy atom. The van der Waals surface area contributed by atoms with Gasteiger partial charge >= 0.3 is 5.97 Å². The molecule has 1 saturated heterocycles. The Morgan fingerprint density at radius 2 is 2.00 bits per heavy atom. The fourth-order valence-corrected chi connectivity index (χ4v) is 2.46. The zero-order chi connectivity index (χ0) is 14.8. The monoisotopic (exact) mass is 277 g/mol. The highest BCUT2D eigenvalue weighted by Crippen LogP contribution is 2.29. The SMILES string of the molecule is CC(C)(C)OC(=O)C1CC(CO)N1Cc1ccccc1. The number of ether oxygens (including phenoxy) is 1. The van der Waals surface area contributed by atoms with Crippen LogP contribution < -0.4 is 0 Å². The van der Waals surface area contributed by atoms with Gasteiger partial charge in [0.25, 0.3) is 0 Å². The lowest BCUT2D eigenvalue weighted by Gasteiger charge is -2.47. The van der Waals surface area contributed by atoms with Crippen molar-refractivity contribution >= 4 is 5.97 Å². The van der Waals surface area contributed by atoms with Gasteiger partial charge in [-0.15, -0.1) is 0 Å². The maximum atomic E-state index is 12.2. The summed E-state index contributed by atoms with van der Waals surface area (Å²) in [5.74, 6) is -0.196. The first-order valence-corrected chi connectivity index (χ1v) is 7.04. The first-order chi connectivity index (χ1) is 9.40. The average Bonchev–Trinajstić information content (AvgIpc) is 2.34. The quantitative estimate of drug-likeness (QED) is 0.855. The lowest BCUT2D eigenvalue weighted by molar-refractivity contribution is -0.172. The van der Waals surface area contributed by atoms with Crippen LogP contribution in [0.1, 0.15) is 32.8 Å². The molecule has 4 nitrogen and oxygen atoms in total. The number of nitrogens with zero attached hydrogens (tertiary/aromatic N) is 1. The molecule has 20 heavy (non-hydrogen) atoms. The van der Waals surface area contributed by atoms with E-state index in [0.717, 1.165) is 5.56 Å². The summed E-state index contributed by atoms with van der Waals surface area (Å²) in [5, 5.41) is 9.37. The molecule has 1 heterocycles. The van der Waals surface area contributed by atoms with Crippen LogP contribution in [0.15, 0.2) is 30.3 Å². The van der Waals surface area contributed by atoms with Crippen LogP contribution in [0.25, 0.3) is 0 Å². The van der Waals surface area contributed by atoms with Crippen molar-refractivity contribution in [2.45, 2.75) is 51.4 Å². The third-order valence-corrected chi connectivity index (χ3v) is 3.46. The highest BCUT2D eigenvalue weighted by Gasteiger charge is 2.44. The molecule has 1 N–H and O–H groups in total. The highest BCUT2D eigenvalue weighted by molar-refractivity contribution is 5.77. The largest absolute Gasteiger partial charge is 0.459 e. The van der Waals surface area contributed by atoms with E-state index in [2.05, 4.69) is 0 Å². The molecule has 110 valence electrons. The van der Waals surface area contributed by atoms with Crippen LogP contribution in [0.4, 0.5) is 0 Å². The van der Waals surface area contributed by atoms with Crippen LogP contribution in [0.2, 0.25) is 0 Å². The number of aliphatic hydroxyl groups excluding tert-OH is 1. The second kappa shape index (κ2) is 5.94. The summed E-state index contributed by atoms with van der Waals surface area (Å²) >= 11 is 0. The lowest BCUT2D eigenvalue weighted by Crippen LogP contribution is -2.61. The first kappa shape index (κ1) is 15.0.